The molecule has 0 saturated heterocycles. The maximum Gasteiger partial charge on any atom is 0.0540 e. The van der Waals surface area contributed by atoms with Gasteiger partial charge in [0.15, 0.2) is 0 Å². The smallest absolute Gasteiger partial charge is 0.0540 e. The Hall–Kier alpha value is -0.0400. The summed E-state index contributed by atoms with van der Waals surface area (Å²) in [5, 5.41) is 9.50. The highest BCUT2D eigenvalue weighted by molar-refractivity contribution is 4.72. The molecule has 0 amide bonds. The molecular weight excluding hydrogens is 148 g/mol. The minimum atomic E-state index is -0.0414. The second-order valence-corrected chi connectivity index (χ2v) is 4.44. The van der Waals surface area contributed by atoms with Gasteiger partial charge in [0.25, 0.3) is 0 Å². The SMILES string of the molecule is CCC(O)CC1CCCC(C)C1. The Balaban J connectivity index is 2.22. The number of hydrogen-bond acceptors (Lipinski definition) is 1. The molecule has 0 aromatic rings. The van der Waals surface area contributed by atoms with Crippen LogP contribution in [-0.2, 0) is 0 Å². The van der Waals surface area contributed by atoms with E-state index in [1.807, 2.05) is 0 Å². The van der Waals surface area contributed by atoms with Gasteiger partial charge >= 0.3 is 0 Å². The molecule has 0 aromatic heterocycles. The van der Waals surface area contributed by atoms with Gasteiger partial charge in [0.05, 0.1) is 6.10 Å². The van der Waals surface area contributed by atoms with Gasteiger partial charge in [-0.25, -0.2) is 0 Å². The van der Waals surface area contributed by atoms with Crippen molar-refractivity contribution in [2.75, 3.05) is 0 Å². The molecule has 0 aromatic carbocycles. The zero-order chi connectivity index (χ0) is 8.97. The predicted molar refractivity (Wildman–Crippen MR) is 52.0 cm³/mol. The lowest BCUT2D eigenvalue weighted by molar-refractivity contribution is 0.118. The maximum atomic E-state index is 9.50. The number of aliphatic hydroxyl groups excluding tert-OH is 1. The van der Waals surface area contributed by atoms with Crippen LogP contribution in [0.2, 0.25) is 0 Å². The van der Waals surface area contributed by atoms with E-state index >= 15 is 0 Å². The van der Waals surface area contributed by atoms with Crippen LogP contribution < -0.4 is 0 Å². The van der Waals surface area contributed by atoms with Crippen LogP contribution >= 0.6 is 0 Å². The van der Waals surface area contributed by atoms with Crippen molar-refractivity contribution < 1.29 is 5.11 Å². The molecule has 72 valence electrons. The zero-order valence-corrected chi connectivity index (χ0v) is 8.42. The van der Waals surface area contributed by atoms with E-state index in [2.05, 4.69) is 13.8 Å². The summed E-state index contributed by atoms with van der Waals surface area (Å²) in [7, 11) is 0. The van der Waals surface area contributed by atoms with E-state index < -0.39 is 0 Å². The van der Waals surface area contributed by atoms with Crippen molar-refractivity contribution in [2.24, 2.45) is 11.8 Å². The lowest BCUT2D eigenvalue weighted by Crippen LogP contribution is -2.18. The monoisotopic (exact) mass is 170 g/mol. The van der Waals surface area contributed by atoms with E-state index in [4.69, 9.17) is 0 Å². The van der Waals surface area contributed by atoms with Gasteiger partial charge in [0.1, 0.15) is 0 Å². The Bertz CT molecular complexity index is 122. The van der Waals surface area contributed by atoms with Crippen LogP contribution in [0, 0.1) is 11.8 Å². The minimum Gasteiger partial charge on any atom is -0.393 e. The van der Waals surface area contributed by atoms with Gasteiger partial charge in [-0.2, -0.15) is 0 Å². The zero-order valence-electron chi connectivity index (χ0n) is 8.42. The van der Waals surface area contributed by atoms with Crippen LogP contribution in [-0.4, -0.2) is 11.2 Å². The Kier molecular flexibility index (Phi) is 4.07. The molecule has 1 nitrogen and oxygen atoms in total. The molecular formula is C11H22O. The van der Waals surface area contributed by atoms with Gasteiger partial charge in [0, 0.05) is 0 Å². The fourth-order valence-corrected chi connectivity index (χ4v) is 2.33. The maximum absolute atomic E-state index is 9.50. The average molecular weight is 170 g/mol. The quantitative estimate of drug-likeness (QED) is 0.690. The van der Waals surface area contributed by atoms with Crippen LogP contribution in [0.1, 0.15) is 52.4 Å². The summed E-state index contributed by atoms with van der Waals surface area (Å²) < 4.78 is 0. The Labute approximate surface area is 76.2 Å². The lowest BCUT2D eigenvalue weighted by Gasteiger charge is -2.27. The second kappa shape index (κ2) is 4.86. The molecule has 1 N–H and O–H groups in total. The third kappa shape index (κ3) is 3.14. The third-order valence-electron chi connectivity index (χ3n) is 3.12. The highest BCUT2D eigenvalue weighted by Crippen LogP contribution is 2.31. The summed E-state index contributed by atoms with van der Waals surface area (Å²) >= 11 is 0. The molecule has 0 bridgehead atoms. The summed E-state index contributed by atoms with van der Waals surface area (Å²) in [4.78, 5) is 0. The molecule has 3 unspecified atom stereocenters. The van der Waals surface area contributed by atoms with E-state index in [1.165, 1.54) is 25.7 Å². The van der Waals surface area contributed by atoms with Crippen LogP contribution in [0.3, 0.4) is 0 Å². The average Bonchev–Trinajstić information content (AvgIpc) is 2.04. The largest absolute Gasteiger partial charge is 0.393 e. The summed E-state index contributed by atoms with van der Waals surface area (Å²) in [6.45, 7) is 4.40. The van der Waals surface area contributed by atoms with Crippen LogP contribution in [0.15, 0.2) is 0 Å². The van der Waals surface area contributed by atoms with Crippen molar-refractivity contribution in [3.05, 3.63) is 0 Å². The highest BCUT2D eigenvalue weighted by Gasteiger charge is 2.20. The molecule has 12 heavy (non-hydrogen) atoms. The lowest BCUT2D eigenvalue weighted by atomic mass is 9.79. The molecule has 1 rings (SSSR count). The first-order valence-electron chi connectivity index (χ1n) is 5.40. The molecule has 0 aliphatic heterocycles. The Morgan fingerprint density at radius 2 is 2.17 bits per heavy atom. The van der Waals surface area contributed by atoms with Gasteiger partial charge in [-0.15, -0.1) is 0 Å². The number of rotatable bonds is 3. The fourth-order valence-electron chi connectivity index (χ4n) is 2.33. The molecule has 1 fully saturated rings. The standard InChI is InChI=1S/C11H22O/c1-3-11(12)8-10-6-4-5-9(2)7-10/h9-12H,3-8H2,1-2H3. The van der Waals surface area contributed by atoms with E-state index in [1.54, 1.807) is 0 Å². The first-order chi connectivity index (χ1) is 5.72. The van der Waals surface area contributed by atoms with Crippen molar-refractivity contribution >= 4 is 0 Å². The van der Waals surface area contributed by atoms with Gasteiger partial charge < -0.3 is 5.11 Å². The predicted octanol–water partition coefficient (Wildman–Crippen LogP) is 2.97. The fraction of sp³-hybridized carbons (Fsp3) is 1.00. The number of aliphatic hydroxyl groups is 1. The molecule has 1 saturated carbocycles. The van der Waals surface area contributed by atoms with Crippen LogP contribution in [0.25, 0.3) is 0 Å². The van der Waals surface area contributed by atoms with Gasteiger partial charge in [-0.1, -0.05) is 33.1 Å². The molecule has 3 atom stereocenters. The molecule has 0 spiro atoms. The van der Waals surface area contributed by atoms with E-state index in [-0.39, 0.29) is 6.10 Å². The van der Waals surface area contributed by atoms with Crippen molar-refractivity contribution in [1.82, 2.24) is 0 Å². The molecule has 0 heterocycles. The van der Waals surface area contributed by atoms with Gasteiger partial charge in [-0.05, 0) is 31.1 Å². The van der Waals surface area contributed by atoms with Crippen molar-refractivity contribution in [1.29, 1.82) is 0 Å². The molecule has 1 aliphatic rings. The normalized spacial score (nSPS) is 33.2. The van der Waals surface area contributed by atoms with Crippen molar-refractivity contribution in [3.63, 3.8) is 0 Å². The third-order valence-corrected chi connectivity index (χ3v) is 3.12. The Morgan fingerprint density at radius 3 is 2.75 bits per heavy atom. The van der Waals surface area contributed by atoms with Crippen LogP contribution in [0.4, 0.5) is 0 Å². The topological polar surface area (TPSA) is 20.2 Å². The molecule has 1 heteroatoms. The van der Waals surface area contributed by atoms with E-state index in [0.717, 1.165) is 24.7 Å². The van der Waals surface area contributed by atoms with E-state index in [0.29, 0.717) is 0 Å². The Morgan fingerprint density at radius 1 is 1.42 bits per heavy atom. The second-order valence-electron chi connectivity index (χ2n) is 4.44. The molecule has 1 aliphatic carbocycles. The van der Waals surface area contributed by atoms with Crippen molar-refractivity contribution in [3.8, 4) is 0 Å². The van der Waals surface area contributed by atoms with Gasteiger partial charge in [0.2, 0.25) is 0 Å². The van der Waals surface area contributed by atoms with E-state index in [9.17, 15) is 5.11 Å². The van der Waals surface area contributed by atoms with Crippen molar-refractivity contribution in [2.45, 2.75) is 58.5 Å². The summed E-state index contributed by atoms with van der Waals surface area (Å²) in [6, 6.07) is 0. The summed E-state index contributed by atoms with van der Waals surface area (Å²) in [5.41, 5.74) is 0. The van der Waals surface area contributed by atoms with Crippen LogP contribution in [0.5, 0.6) is 0 Å². The van der Waals surface area contributed by atoms with Gasteiger partial charge in [-0.3, -0.25) is 0 Å². The number of hydrogen-bond donors (Lipinski definition) is 1. The highest BCUT2D eigenvalue weighted by atomic mass is 16.3. The first-order valence-corrected chi connectivity index (χ1v) is 5.40. The first kappa shape index (κ1) is 10.0. The molecule has 0 radical (unpaired) electrons. The summed E-state index contributed by atoms with van der Waals surface area (Å²) in [6.07, 6.45) is 7.39. The minimum absolute atomic E-state index is 0.0414. The summed E-state index contributed by atoms with van der Waals surface area (Å²) in [5.74, 6) is 1.71.